The molecule has 0 aromatic rings. The van der Waals surface area contributed by atoms with E-state index >= 15 is 0 Å². The van der Waals surface area contributed by atoms with Gasteiger partial charge >= 0.3 is 0 Å². The fourth-order valence-corrected chi connectivity index (χ4v) is 2.96. The van der Waals surface area contributed by atoms with E-state index in [1.807, 2.05) is 6.92 Å². The van der Waals surface area contributed by atoms with Gasteiger partial charge in [0.2, 0.25) is 11.8 Å². The van der Waals surface area contributed by atoms with E-state index in [0.29, 0.717) is 31.8 Å². The summed E-state index contributed by atoms with van der Waals surface area (Å²) >= 11 is 0. The second kappa shape index (κ2) is 3.98. The van der Waals surface area contributed by atoms with Gasteiger partial charge in [-0.1, -0.05) is 6.92 Å². The Morgan fingerprint density at radius 3 is 2.61 bits per heavy atom. The van der Waals surface area contributed by atoms with E-state index in [9.17, 15) is 14.9 Å². The van der Waals surface area contributed by atoms with Crippen LogP contribution >= 0.6 is 0 Å². The Hall–Kier alpha value is -1.57. The molecule has 2 fully saturated rings. The molecule has 1 aliphatic heterocycles. The van der Waals surface area contributed by atoms with Gasteiger partial charge in [0.1, 0.15) is 11.0 Å². The second-order valence-corrected chi connectivity index (χ2v) is 5.98. The monoisotopic (exact) mass is 249 g/mol. The Kier molecular flexibility index (Phi) is 2.84. The fraction of sp³-hybridized carbons (Fsp3) is 0.769. The molecule has 2 amide bonds. The zero-order valence-corrected chi connectivity index (χ0v) is 11.1. The van der Waals surface area contributed by atoms with Crippen molar-refractivity contribution < 1.29 is 9.59 Å². The van der Waals surface area contributed by atoms with E-state index in [-0.39, 0.29) is 11.8 Å². The molecule has 1 N–H and O–H groups in total. The quantitative estimate of drug-likeness (QED) is 0.742. The maximum atomic E-state index is 12.6. The third kappa shape index (κ3) is 1.67. The lowest BCUT2D eigenvalue weighted by atomic mass is 9.62. The summed E-state index contributed by atoms with van der Waals surface area (Å²) in [4.78, 5) is 26.0. The van der Waals surface area contributed by atoms with Crippen LogP contribution in [0.25, 0.3) is 0 Å². The van der Waals surface area contributed by atoms with Crippen LogP contribution in [0.3, 0.4) is 0 Å². The fourth-order valence-electron chi connectivity index (χ4n) is 2.96. The lowest BCUT2D eigenvalue weighted by Crippen LogP contribution is -2.66. The van der Waals surface area contributed by atoms with Crippen molar-refractivity contribution in [3.05, 3.63) is 0 Å². The Morgan fingerprint density at radius 2 is 2.11 bits per heavy atom. The van der Waals surface area contributed by atoms with Crippen molar-refractivity contribution in [2.45, 2.75) is 39.2 Å². The van der Waals surface area contributed by atoms with E-state index in [1.54, 1.807) is 18.7 Å². The number of nitrogens with one attached hydrogen (secondary N) is 1. The van der Waals surface area contributed by atoms with Gasteiger partial charge in [0.25, 0.3) is 0 Å². The molecule has 0 aromatic carbocycles. The van der Waals surface area contributed by atoms with Crippen LogP contribution in [-0.4, -0.2) is 35.3 Å². The Balaban J connectivity index is 2.24. The lowest BCUT2D eigenvalue weighted by molar-refractivity contribution is -0.159. The molecule has 2 rings (SSSR count). The summed E-state index contributed by atoms with van der Waals surface area (Å²) in [7, 11) is 0. The highest BCUT2D eigenvalue weighted by Gasteiger charge is 2.54. The van der Waals surface area contributed by atoms with E-state index in [4.69, 9.17) is 0 Å². The minimum Gasteiger partial charge on any atom is -0.352 e. The van der Waals surface area contributed by atoms with Crippen LogP contribution in [0.5, 0.6) is 0 Å². The summed E-state index contributed by atoms with van der Waals surface area (Å²) in [6.45, 7) is 6.44. The van der Waals surface area contributed by atoms with Gasteiger partial charge in [-0.15, -0.1) is 0 Å². The van der Waals surface area contributed by atoms with Crippen molar-refractivity contribution in [2.75, 3.05) is 13.1 Å². The minimum atomic E-state index is -0.895. The predicted molar refractivity (Wildman–Crippen MR) is 65.2 cm³/mol. The van der Waals surface area contributed by atoms with Gasteiger partial charge in [-0.3, -0.25) is 9.59 Å². The van der Waals surface area contributed by atoms with Gasteiger partial charge in [0.15, 0.2) is 0 Å². The first-order chi connectivity index (χ1) is 8.33. The Labute approximate surface area is 107 Å². The predicted octanol–water partition coefficient (Wildman–Crippen LogP) is 0.663. The van der Waals surface area contributed by atoms with Crippen LogP contribution in [0.15, 0.2) is 0 Å². The molecule has 0 radical (unpaired) electrons. The molecule has 1 aliphatic carbocycles. The SMILES string of the molecule is CC1CC(C#N)(C(=O)N2CCNC(=O)C2(C)C)C1. The van der Waals surface area contributed by atoms with Gasteiger partial charge in [0.05, 0.1) is 6.07 Å². The molecule has 1 heterocycles. The first-order valence-electron chi connectivity index (χ1n) is 6.35. The standard InChI is InChI=1S/C13H19N3O2/c1-9-6-13(7-9,8-14)11(18)16-5-4-15-10(17)12(16,2)3/h9H,4-7H2,1-3H3,(H,15,17). The largest absolute Gasteiger partial charge is 0.352 e. The van der Waals surface area contributed by atoms with Crippen LogP contribution in [0, 0.1) is 22.7 Å². The number of rotatable bonds is 1. The first-order valence-corrected chi connectivity index (χ1v) is 6.35. The molecular weight excluding hydrogens is 230 g/mol. The van der Waals surface area contributed by atoms with Crippen LogP contribution in [0.1, 0.15) is 33.6 Å². The molecule has 0 aromatic heterocycles. The third-order valence-electron chi connectivity index (χ3n) is 4.11. The average Bonchev–Trinajstić information content (AvgIpc) is 2.27. The van der Waals surface area contributed by atoms with Crippen LogP contribution in [0.4, 0.5) is 0 Å². The van der Waals surface area contributed by atoms with E-state index in [2.05, 4.69) is 11.4 Å². The number of nitriles is 1. The highest BCUT2D eigenvalue weighted by molar-refractivity contribution is 5.95. The van der Waals surface area contributed by atoms with E-state index < -0.39 is 11.0 Å². The lowest BCUT2D eigenvalue weighted by Gasteiger charge is -2.48. The average molecular weight is 249 g/mol. The highest BCUT2D eigenvalue weighted by Crippen LogP contribution is 2.47. The third-order valence-corrected chi connectivity index (χ3v) is 4.11. The summed E-state index contributed by atoms with van der Waals surface area (Å²) in [6.07, 6.45) is 1.22. The van der Waals surface area contributed by atoms with Gasteiger partial charge in [-0.2, -0.15) is 5.26 Å². The zero-order valence-electron chi connectivity index (χ0n) is 11.1. The molecule has 0 bridgehead atoms. The van der Waals surface area contributed by atoms with Crippen LogP contribution < -0.4 is 5.32 Å². The van der Waals surface area contributed by atoms with Gasteiger partial charge in [-0.05, 0) is 32.6 Å². The number of hydrogen-bond acceptors (Lipinski definition) is 3. The first kappa shape index (κ1) is 12.9. The summed E-state index contributed by atoms with van der Waals surface area (Å²) in [5.41, 5.74) is -1.76. The molecular formula is C13H19N3O2. The molecule has 0 atom stereocenters. The van der Waals surface area contributed by atoms with E-state index in [0.717, 1.165) is 0 Å². The summed E-state index contributed by atoms with van der Waals surface area (Å²) < 4.78 is 0. The maximum absolute atomic E-state index is 12.6. The van der Waals surface area contributed by atoms with Crippen molar-refractivity contribution in [1.29, 1.82) is 5.26 Å². The minimum absolute atomic E-state index is 0.150. The smallest absolute Gasteiger partial charge is 0.245 e. The molecule has 2 aliphatic rings. The van der Waals surface area contributed by atoms with Crippen molar-refractivity contribution in [3.63, 3.8) is 0 Å². The topological polar surface area (TPSA) is 73.2 Å². The molecule has 0 spiro atoms. The van der Waals surface area contributed by atoms with Gasteiger partial charge in [0, 0.05) is 13.1 Å². The molecule has 1 saturated heterocycles. The molecule has 0 unspecified atom stereocenters. The van der Waals surface area contributed by atoms with Gasteiger partial charge < -0.3 is 10.2 Å². The van der Waals surface area contributed by atoms with E-state index in [1.165, 1.54) is 0 Å². The summed E-state index contributed by atoms with van der Waals surface area (Å²) in [5.74, 6) is 0.0841. The zero-order chi connectivity index (χ0) is 13.6. The van der Waals surface area contributed by atoms with Crippen LogP contribution in [-0.2, 0) is 9.59 Å². The number of carbonyl (C=O) groups excluding carboxylic acids is 2. The Morgan fingerprint density at radius 1 is 1.50 bits per heavy atom. The van der Waals surface area contributed by atoms with Crippen molar-refractivity contribution in [1.82, 2.24) is 10.2 Å². The van der Waals surface area contributed by atoms with Gasteiger partial charge in [-0.25, -0.2) is 0 Å². The van der Waals surface area contributed by atoms with Crippen molar-refractivity contribution in [2.24, 2.45) is 11.3 Å². The number of carbonyl (C=O) groups is 2. The number of nitrogens with zero attached hydrogens (tertiary/aromatic N) is 2. The normalized spacial score (nSPS) is 34.2. The van der Waals surface area contributed by atoms with Crippen molar-refractivity contribution >= 4 is 11.8 Å². The Bertz CT molecular complexity index is 430. The van der Waals surface area contributed by atoms with Crippen molar-refractivity contribution in [3.8, 4) is 6.07 Å². The molecule has 18 heavy (non-hydrogen) atoms. The number of piperazine rings is 1. The summed E-state index contributed by atoms with van der Waals surface area (Å²) in [5, 5.41) is 12.0. The molecule has 5 nitrogen and oxygen atoms in total. The number of amides is 2. The summed E-state index contributed by atoms with van der Waals surface area (Å²) in [6, 6.07) is 2.17. The maximum Gasteiger partial charge on any atom is 0.245 e. The molecule has 1 saturated carbocycles. The van der Waals surface area contributed by atoms with Crippen LogP contribution in [0.2, 0.25) is 0 Å². The molecule has 5 heteroatoms. The highest BCUT2D eigenvalue weighted by atomic mass is 16.2. The molecule has 98 valence electrons. The number of hydrogen-bond donors (Lipinski definition) is 1. The second-order valence-electron chi connectivity index (χ2n) is 5.98.